The van der Waals surface area contributed by atoms with Crippen LogP contribution in [0, 0.1) is 0 Å². The van der Waals surface area contributed by atoms with Crippen LogP contribution in [0.2, 0.25) is 0 Å². The molecule has 1 aromatic carbocycles. The van der Waals surface area contributed by atoms with E-state index < -0.39 is 5.60 Å². The van der Waals surface area contributed by atoms with Gasteiger partial charge in [-0.1, -0.05) is 24.3 Å². The topological polar surface area (TPSA) is 32.7 Å². The highest BCUT2D eigenvalue weighted by molar-refractivity contribution is 5.35. The van der Waals surface area contributed by atoms with Gasteiger partial charge >= 0.3 is 0 Å². The Morgan fingerprint density at radius 2 is 2.00 bits per heavy atom. The summed E-state index contributed by atoms with van der Waals surface area (Å²) in [5.74, 6) is 0.219. The van der Waals surface area contributed by atoms with Crippen molar-refractivity contribution in [2.75, 3.05) is 26.8 Å². The van der Waals surface area contributed by atoms with Gasteiger partial charge in [0.25, 0.3) is 0 Å². The van der Waals surface area contributed by atoms with E-state index in [0.717, 1.165) is 25.9 Å². The maximum atomic E-state index is 11.0. The molecule has 1 saturated heterocycles. The molecule has 1 N–H and O–H groups in total. The average Bonchev–Trinajstić information content (AvgIpc) is 2.38. The fourth-order valence-corrected chi connectivity index (χ4v) is 3.32. The summed E-state index contributed by atoms with van der Waals surface area (Å²) in [5, 5.41) is 11.0. The van der Waals surface area contributed by atoms with E-state index >= 15 is 0 Å². The molecule has 0 aromatic heterocycles. The number of aliphatic hydroxyl groups is 1. The van der Waals surface area contributed by atoms with Gasteiger partial charge in [0, 0.05) is 45.1 Å². The Morgan fingerprint density at radius 1 is 1.28 bits per heavy atom. The van der Waals surface area contributed by atoms with Crippen molar-refractivity contribution in [1.29, 1.82) is 0 Å². The molecule has 2 aliphatic rings. The molecule has 2 heterocycles. The van der Waals surface area contributed by atoms with Crippen LogP contribution in [0.1, 0.15) is 29.9 Å². The highest BCUT2D eigenvalue weighted by Crippen LogP contribution is 2.40. The molecule has 98 valence electrons. The predicted molar refractivity (Wildman–Crippen MR) is 70.5 cm³/mol. The van der Waals surface area contributed by atoms with Crippen molar-refractivity contribution in [1.82, 2.24) is 4.90 Å². The average molecular weight is 247 g/mol. The Labute approximate surface area is 108 Å². The molecule has 1 aromatic rings. The van der Waals surface area contributed by atoms with Gasteiger partial charge in [0.1, 0.15) is 0 Å². The van der Waals surface area contributed by atoms with Gasteiger partial charge in [-0.2, -0.15) is 0 Å². The number of benzene rings is 1. The zero-order chi connectivity index (χ0) is 12.6. The standard InChI is InChI=1S/C15H21NO2/c1-16-10-12-4-2-3-5-13(12)14(11-16)15(17)6-8-18-9-7-15/h2-5,14,17H,6-11H2,1H3. The lowest BCUT2D eigenvalue weighted by Gasteiger charge is -2.44. The van der Waals surface area contributed by atoms with Gasteiger partial charge in [0.2, 0.25) is 0 Å². The predicted octanol–water partition coefficient (Wildman–Crippen LogP) is 1.76. The van der Waals surface area contributed by atoms with Crippen LogP contribution in [0.4, 0.5) is 0 Å². The SMILES string of the molecule is CN1Cc2ccccc2C(C2(O)CCOCC2)C1. The van der Waals surface area contributed by atoms with Crippen LogP contribution in [-0.4, -0.2) is 42.4 Å². The van der Waals surface area contributed by atoms with Gasteiger partial charge < -0.3 is 14.7 Å². The van der Waals surface area contributed by atoms with Crippen molar-refractivity contribution in [3.63, 3.8) is 0 Å². The van der Waals surface area contributed by atoms with Gasteiger partial charge in [0.15, 0.2) is 0 Å². The van der Waals surface area contributed by atoms with Crippen molar-refractivity contribution in [2.45, 2.75) is 30.9 Å². The van der Waals surface area contributed by atoms with Gasteiger partial charge in [-0.15, -0.1) is 0 Å². The first kappa shape index (κ1) is 12.2. The molecule has 3 rings (SSSR count). The molecule has 1 unspecified atom stereocenters. The summed E-state index contributed by atoms with van der Waals surface area (Å²) in [7, 11) is 2.13. The molecule has 0 saturated carbocycles. The summed E-state index contributed by atoms with van der Waals surface area (Å²) < 4.78 is 5.40. The second-order valence-electron chi connectivity index (χ2n) is 5.66. The largest absolute Gasteiger partial charge is 0.389 e. The normalized spacial score (nSPS) is 27.8. The highest BCUT2D eigenvalue weighted by atomic mass is 16.5. The molecule has 3 heteroatoms. The van der Waals surface area contributed by atoms with E-state index in [-0.39, 0.29) is 5.92 Å². The lowest BCUT2D eigenvalue weighted by atomic mass is 9.74. The third-order valence-electron chi connectivity index (χ3n) is 4.37. The van der Waals surface area contributed by atoms with Crippen LogP contribution in [0.5, 0.6) is 0 Å². The number of fused-ring (bicyclic) bond motifs is 1. The summed E-state index contributed by atoms with van der Waals surface area (Å²) >= 11 is 0. The summed E-state index contributed by atoms with van der Waals surface area (Å²) in [6.45, 7) is 3.28. The van der Waals surface area contributed by atoms with E-state index in [1.165, 1.54) is 11.1 Å². The number of likely N-dealkylation sites (N-methyl/N-ethyl adjacent to an activating group) is 1. The summed E-state index contributed by atoms with van der Waals surface area (Å²) in [6.07, 6.45) is 1.50. The molecule has 1 atom stereocenters. The lowest BCUT2D eigenvalue weighted by Crippen LogP contribution is -2.48. The maximum absolute atomic E-state index is 11.0. The first-order chi connectivity index (χ1) is 8.69. The third-order valence-corrected chi connectivity index (χ3v) is 4.37. The van der Waals surface area contributed by atoms with E-state index in [9.17, 15) is 5.11 Å². The molecule has 2 aliphatic heterocycles. The zero-order valence-electron chi connectivity index (χ0n) is 10.9. The Kier molecular flexibility index (Phi) is 3.14. The second-order valence-corrected chi connectivity index (χ2v) is 5.66. The number of hydrogen-bond acceptors (Lipinski definition) is 3. The second kappa shape index (κ2) is 4.65. The van der Waals surface area contributed by atoms with Crippen molar-refractivity contribution in [3.8, 4) is 0 Å². The summed E-state index contributed by atoms with van der Waals surface area (Å²) in [4.78, 5) is 2.31. The first-order valence-corrected chi connectivity index (χ1v) is 6.75. The smallest absolute Gasteiger partial charge is 0.0772 e. The number of nitrogens with zero attached hydrogens (tertiary/aromatic N) is 1. The number of rotatable bonds is 1. The van der Waals surface area contributed by atoms with Gasteiger partial charge in [0.05, 0.1) is 5.60 Å². The molecule has 3 nitrogen and oxygen atoms in total. The van der Waals surface area contributed by atoms with Crippen molar-refractivity contribution in [2.24, 2.45) is 0 Å². The molecule has 0 aliphatic carbocycles. The maximum Gasteiger partial charge on any atom is 0.0772 e. The molecule has 0 spiro atoms. The van der Waals surface area contributed by atoms with Gasteiger partial charge in [-0.25, -0.2) is 0 Å². The molecular weight excluding hydrogens is 226 g/mol. The highest BCUT2D eigenvalue weighted by Gasteiger charge is 2.41. The molecule has 0 radical (unpaired) electrons. The van der Waals surface area contributed by atoms with E-state index in [0.29, 0.717) is 13.2 Å². The van der Waals surface area contributed by atoms with E-state index in [1.807, 2.05) is 0 Å². The molecule has 0 bridgehead atoms. The monoisotopic (exact) mass is 247 g/mol. The van der Waals surface area contributed by atoms with Crippen molar-refractivity contribution >= 4 is 0 Å². The fourth-order valence-electron chi connectivity index (χ4n) is 3.32. The van der Waals surface area contributed by atoms with Crippen LogP contribution < -0.4 is 0 Å². The number of ether oxygens (including phenoxy) is 1. The minimum Gasteiger partial charge on any atom is -0.389 e. The van der Waals surface area contributed by atoms with Crippen LogP contribution in [0.15, 0.2) is 24.3 Å². The Hall–Kier alpha value is -0.900. The molecule has 18 heavy (non-hydrogen) atoms. The van der Waals surface area contributed by atoms with Gasteiger partial charge in [-0.05, 0) is 18.2 Å². The number of hydrogen-bond donors (Lipinski definition) is 1. The fraction of sp³-hybridized carbons (Fsp3) is 0.600. The first-order valence-electron chi connectivity index (χ1n) is 6.75. The lowest BCUT2D eigenvalue weighted by molar-refractivity contribution is -0.0863. The molecular formula is C15H21NO2. The third kappa shape index (κ3) is 2.07. The molecule has 1 fully saturated rings. The van der Waals surface area contributed by atoms with Crippen molar-refractivity contribution in [3.05, 3.63) is 35.4 Å². The zero-order valence-corrected chi connectivity index (χ0v) is 10.9. The Morgan fingerprint density at radius 3 is 2.78 bits per heavy atom. The minimum atomic E-state index is -0.594. The Bertz CT molecular complexity index is 426. The molecule has 0 amide bonds. The summed E-state index contributed by atoms with van der Waals surface area (Å²) in [5.41, 5.74) is 2.10. The minimum absolute atomic E-state index is 0.219. The van der Waals surface area contributed by atoms with E-state index in [1.54, 1.807) is 0 Å². The van der Waals surface area contributed by atoms with Crippen LogP contribution >= 0.6 is 0 Å². The summed E-state index contributed by atoms with van der Waals surface area (Å²) in [6, 6.07) is 8.53. The quantitative estimate of drug-likeness (QED) is 0.821. The van der Waals surface area contributed by atoms with E-state index in [4.69, 9.17) is 4.74 Å². The Balaban J connectivity index is 1.96. The van der Waals surface area contributed by atoms with Crippen LogP contribution in [0.3, 0.4) is 0 Å². The van der Waals surface area contributed by atoms with Gasteiger partial charge in [-0.3, -0.25) is 0 Å². The van der Waals surface area contributed by atoms with Crippen molar-refractivity contribution < 1.29 is 9.84 Å². The van der Waals surface area contributed by atoms with E-state index in [2.05, 4.69) is 36.2 Å². The van der Waals surface area contributed by atoms with Crippen LogP contribution in [-0.2, 0) is 11.3 Å². The van der Waals surface area contributed by atoms with Crippen LogP contribution in [0.25, 0.3) is 0 Å².